The molecule has 0 aliphatic carbocycles. The molecule has 0 amide bonds. The molecule has 0 spiro atoms. The fraction of sp³-hybridized carbons (Fsp3) is 0.294. The van der Waals surface area contributed by atoms with Crippen molar-refractivity contribution < 1.29 is 4.74 Å². The molecule has 3 rings (SSSR count). The summed E-state index contributed by atoms with van der Waals surface area (Å²) in [6, 6.07) is 14.8. The van der Waals surface area contributed by atoms with Crippen LogP contribution in [0.4, 0.5) is 5.69 Å². The highest BCUT2D eigenvalue weighted by atomic mass is 79.9. The van der Waals surface area contributed by atoms with E-state index in [-0.39, 0.29) is 6.10 Å². The van der Waals surface area contributed by atoms with Gasteiger partial charge in [-0.15, -0.1) is 0 Å². The van der Waals surface area contributed by atoms with Gasteiger partial charge in [0, 0.05) is 0 Å². The van der Waals surface area contributed by atoms with Gasteiger partial charge in [-0.3, -0.25) is 0 Å². The summed E-state index contributed by atoms with van der Waals surface area (Å²) in [5, 5.41) is 3.43. The molecule has 20 heavy (non-hydrogen) atoms. The summed E-state index contributed by atoms with van der Waals surface area (Å²) in [6.45, 7) is 5.21. The number of nitrogens with one attached hydrogen (secondary N) is 1. The lowest BCUT2D eigenvalue weighted by molar-refractivity contribution is 0.209. The topological polar surface area (TPSA) is 21.3 Å². The van der Waals surface area contributed by atoms with Gasteiger partial charge in [0.05, 0.1) is 16.7 Å². The molecule has 0 saturated carbocycles. The molecule has 0 bridgehead atoms. The monoisotopic (exact) mass is 331 g/mol. The molecule has 3 heteroatoms. The molecule has 1 aliphatic heterocycles. The molecule has 1 N–H and O–H groups in total. The highest BCUT2D eigenvalue weighted by Gasteiger charge is 2.22. The van der Waals surface area contributed by atoms with Crippen LogP contribution in [-0.2, 0) is 0 Å². The van der Waals surface area contributed by atoms with Gasteiger partial charge in [0.1, 0.15) is 6.10 Å². The fourth-order valence-corrected chi connectivity index (χ4v) is 2.90. The van der Waals surface area contributed by atoms with Crippen molar-refractivity contribution in [3.8, 4) is 5.75 Å². The van der Waals surface area contributed by atoms with E-state index in [2.05, 4.69) is 59.4 Å². The molecule has 0 saturated heterocycles. The standard InChI is InChI=1S/C17H18BrNO/c1-11(2)12-6-8-13(9-7-12)16-10-19-15-5-3-4-14(18)17(15)20-16/h3-9,11,16,19H,10H2,1-2H3. The number of benzene rings is 2. The van der Waals surface area contributed by atoms with Gasteiger partial charge in [0.2, 0.25) is 0 Å². The third-order valence-electron chi connectivity index (χ3n) is 3.68. The Balaban J connectivity index is 1.85. The zero-order valence-corrected chi connectivity index (χ0v) is 13.3. The lowest BCUT2D eigenvalue weighted by atomic mass is 9.99. The Labute approximate surface area is 128 Å². The quantitative estimate of drug-likeness (QED) is 0.824. The summed E-state index contributed by atoms with van der Waals surface area (Å²) >= 11 is 3.55. The molecular formula is C17H18BrNO. The maximum Gasteiger partial charge on any atom is 0.157 e. The Morgan fingerprint density at radius 1 is 1.15 bits per heavy atom. The summed E-state index contributed by atoms with van der Waals surface area (Å²) < 4.78 is 7.13. The van der Waals surface area contributed by atoms with Crippen LogP contribution in [0.5, 0.6) is 5.75 Å². The van der Waals surface area contributed by atoms with E-state index >= 15 is 0 Å². The fourth-order valence-electron chi connectivity index (χ4n) is 2.44. The van der Waals surface area contributed by atoms with Crippen LogP contribution in [0.3, 0.4) is 0 Å². The van der Waals surface area contributed by atoms with Gasteiger partial charge in [0.15, 0.2) is 5.75 Å². The second-order valence-electron chi connectivity index (χ2n) is 5.43. The van der Waals surface area contributed by atoms with Crippen LogP contribution in [-0.4, -0.2) is 6.54 Å². The minimum atomic E-state index is 0.0578. The van der Waals surface area contributed by atoms with Crippen molar-refractivity contribution in [2.75, 3.05) is 11.9 Å². The Bertz CT molecular complexity index is 607. The van der Waals surface area contributed by atoms with Gasteiger partial charge in [-0.05, 0) is 45.1 Å². The molecule has 0 radical (unpaired) electrons. The lowest BCUT2D eigenvalue weighted by Crippen LogP contribution is -2.23. The molecule has 2 aromatic carbocycles. The van der Waals surface area contributed by atoms with Gasteiger partial charge in [-0.25, -0.2) is 0 Å². The highest BCUT2D eigenvalue weighted by Crippen LogP contribution is 2.39. The Morgan fingerprint density at radius 2 is 1.90 bits per heavy atom. The van der Waals surface area contributed by atoms with Crippen LogP contribution < -0.4 is 10.1 Å². The maximum atomic E-state index is 6.14. The predicted molar refractivity (Wildman–Crippen MR) is 86.5 cm³/mol. The average molecular weight is 332 g/mol. The van der Waals surface area contributed by atoms with Crippen molar-refractivity contribution in [1.29, 1.82) is 0 Å². The molecule has 2 aromatic rings. The van der Waals surface area contributed by atoms with E-state index in [9.17, 15) is 0 Å². The van der Waals surface area contributed by atoms with Gasteiger partial charge in [-0.2, -0.15) is 0 Å². The SMILES string of the molecule is CC(C)c1ccc(C2CNc3cccc(Br)c3O2)cc1. The highest BCUT2D eigenvalue weighted by molar-refractivity contribution is 9.10. The summed E-state index contributed by atoms with van der Waals surface area (Å²) in [7, 11) is 0. The minimum absolute atomic E-state index is 0.0578. The van der Waals surface area contributed by atoms with Crippen LogP contribution in [0.1, 0.15) is 37.0 Å². The molecule has 1 atom stereocenters. The van der Waals surface area contributed by atoms with Gasteiger partial charge in [0.25, 0.3) is 0 Å². The van der Waals surface area contributed by atoms with Crippen molar-refractivity contribution in [2.24, 2.45) is 0 Å². The number of hydrogen-bond donors (Lipinski definition) is 1. The largest absolute Gasteiger partial charge is 0.481 e. The smallest absolute Gasteiger partial charge is 0.157 e. The zero-order valence-electron chi connectivity index (χ0n) is 11.7. The van der Waals surface area contributed by atoms with E-state index in [1.807, 2.05) is 18.2 Å². The van der Waals surface area contributed by atoms with Crippen LogP contribution in [0.25, 0.3) is 0 Å². The van der Waals surface area contributed by atoms with E-state index in [1.165, 1.54) is 11.1 Å². The molecule has 1 unspecified atom stereocenters. The van der Waals surface area contributed by atoms with Crippen molar-refractivity contribution in [1.82, 2.24) is 0 Å². The Morgan fingerprint density at radius 3 is 2.60 bits per heavy atom. The van der Waals surface area contributed by atoms with Crippen LogP contribution in [0.15, 0.2) is 46.9 Å². The van der Waals surface area contributed by atoms with Crippen LogP contribution >= 0.6 is 15.9 Å². The van der Waals surface area contributed by atoms with Crippen molar-refractivity contribution in [3.63, 3.8) is 0 Å². The lowest BCUT2D eigenvalue weighted by Gasteiger charge is -2.28. The molecule has 0 fully saturated rings. The number of anilines is 1. The van der Waals surface area contributed by atoms with Gasteiger partial charge < -0.3 is 10.1 Å². The number of fused-ring (bicyclic) bond motifs is 1. The van der Waals surface area contributed by atoms with Gasteiger partial charge >= 0.3 is 0 Å². The first-order chi connectivity index (χ1) is 9.65. The minimum Gasteiger partial charge on any atom is -0.481 e. The van der Waals surface area contributed by atoms with E-state index in [0.717, 1.165) is 22.5 Å². The molecular weight excluding hydrogens is 314 g/mol. The average Bonchev–Trinajstić information content (AvgIpc) is 2.47. The number of halogens is 1. The Kier molecular flexibility index (Phi) is 3.70. The number of hydrogen-bond acceptors (Lipinski definition) is 2. The molecule has 104 valence electrons. The van der Waals surface area contributed by atoms with Crippen molar-refractivity contribution in [3.05, 3.63) is 58.1 Å². The predicted octanol–water partition coefficient (Wildman–Crippen LogP) is 5.12. The summed E-state index contributed by atoms with van der Waals surface area (Å²) in [4.78, 5) is 0. The van der Waals surface area contributed by atoms with E-state index in [0.29, 0.717) is 5.92 Å². The maximum absolute atomic E-state index is 6.14. The van der Waals surface area contributed by atoms with E-state index < -0.39 is 0 Å². The number of rotatable bonds is 2. The second kappa shape index (κ2) is 5.49. The Hall–Kier alpha value is -1.48. The molecule has 1 heterocycles. The normalized spacial score (nSPS) is 17.3. The third-order valence-corrected chi connectivity index (χ3v) is 4.30. The molecule has 2 nitrogen and oxygen atoms in total. The summed E-state index contributed by atoms with van der Waals surface area (Å²) in [5.41, 5.74) is 3.62. The molecule has 1 aliphatic rings. The van der Waals surface area contributed by atoms with Crippen molar-refractivity contribution >= 4 is 21.6 Å². The van der Waals surface area contributed by atoms with Gasteiger partial charge in [-0.1, -0.05) is 44.2 Å². The first kappa shape index (κ1) is 13.5. The third kappa shape index (κ3) is 2.55. The van der Waals surface area contributed by atoms with Crippen LogP contribution in [0, 0.1) is 0 Å². The summed E-state index contributed by atoms with van der Waals surface area (Å²) in [5.74, 6) is 1.46. The first-order valence-electron chi connectivity index (χ1n) is 6.94. The second-order valence-corrected chi connectivity index (χ2v) is 6.28. The number of para-hydroxylation sites is 1. The molecule has 0 aromatic heterocycles. The van der Waals surface area contributed by atoms with Crippen molar-refractivity contribution in [2.45, 2.75) is 25.9 Å². The van der Waals surface area contributed by atoms with E-state index in [4.69, 9.17) is 4.74 Å². The van der Waals surface area contributed by atoms with Crippen LogP contribution in [0.2, 0.25) is 0 Å². The summed E-state index contributed by atoms with van der Waals surface area (Å²) in [6.07, 6.45) is 0.0578. The van der Waals surface area contributed by atoms with E-state index in [1.54, 1.807) is 0 Å². The zero-order chi connectivity index (χ0) is 14.1. The number of ether oxygens (including phenoxy) is 1. The first-order valence-corrected chi connectivity index (χ1v) is 7.73.